The van der Waals surface area contributed by atoms with E-state index >= 15 is 0 Å². The van der Waals surface area contributed by atoms with Gasteiger partial charge in [-0.15, -0.1) is 0 Å². The average molecular weight is 194 g/mol. The van der Waals surface area contributed by atoms with Gasteiger partial charge in [-0.1, -0.05) is 25.5 Å². The molecular weight excluding hydrogens is 172 g/mol. The summed E-state index contributed by atoms with van der Waals surface area (Å²) in [4.78, 5) is 0. The second-order valence-electron chi connectivity index (χ2n) is 6.35. The Labute approximate surface area is 87.5 Å². The topological polar surface area (TPSA) is 9.23 Å². The van der Waals surface area contributed by atoms with Gasteiger partial charge in [0.25, 0.3) is 0 Å². The Morgan fingerprint density at radius 3 is 2.29 bits per heavy atom. The summed E-state index contributed by atoms with van der Waals surface area (Å²) in [7, 11) is 0. The average Bonchev–Trinajstić information content (AvgIpc) is 2.27. The Balaban J connectivity index is 2.41. The molecule has 1 fully saturated rings. The second kappa shape index (κ2) is 2.44. The fourth-order valence-corrected chi connectivity index (χ4v) is 3.39. The summed E-state index contributed by atoms with van der Waals surface area (Å²) in [6.45, 7) is 13.6. The van der Waals surface area contributed by atoms with Gasteiger partial charge >= 0.3 is 0 Å². The van der Waals surface area contributed by atoms with E-state index in [1.54, 1.807) is 0 Å². The molecule has 2 unspecified atom stereocenters. The summed E-state index contributed by atoms with van der Waals surface area (Å²) < 4.78 is 6.19. The van der Waals surface area contributed by atoms with E-state index in [-0.39, 0.29) is 11.2 Å². The van der Waals surface area contributed by atoms with Crippen LogP contribution in [0.15, 0.2) is 11.6 Å². The standard InChI is InChI=1S/C13H22O/c1-9-7-13(6)10(12(9,4)5)8-11(2,3)14-13/h7,10H,8H2,1-6H3. The molecule has 0 amide bonds. The maximum absolute atomic E-state index is 6.19. The van der Waals surface area contributed by atoms with Gasteiger partial charge in [0.1, 0.15) is 0 Å². The molecule has 0 aromatic heterocycles. The maximum atomic E-state index is 6.19. The zero-order chi connectivity index (χ0) is 10.8. The molecule has 1 heteroatoms. The van der Waals surface area contributed by atoms with Gasteiger partial charge in [0.15, 0.2) is 0 Å². The zero-order valence-corrected chi connectivity index (χ0v) is 10.3. The molecule has 2 rings (SSSR count). The lowest BCUT2D eigenvalue weighted by Gasteiger charge is -2.32. The maximum Gasteiger partial charge on any atom is 0.0881 e. The van der Waals surface area contributed by atoms with E-state index in [4.69, 9.17) is 4.74 Å². The third-order valence-corrected chi connectivity index (χ3v) is 4.27. The highest BCUT2D eigenvalue weighted by atomic mass is 16.5. The van der Waals surface area contributed by atoms with E-state index in [0.29, 0.717) is 11.3 Å². The molecule has 1 saturated heterocycles. The van der Waals surface area contributed by atoms with Crippen LogP contribution in [-0.4, -0.2) is 11.2 Å². The fraction of sp³-hybridized carbons (Fsp3) is 0.846. The van der Waals surface area contributed by atoms with Crippen molar-refractivity contribution in [3.05, 3.63) is 11.6 Å². The van der Waals surface area contributed by atoms with Crippen LogP contribution in [0.1, 0.15) is 48.0 Å². The first-order valence-electron chi connectivity index (χ1n) is 5.57. The lowest BCUT2D eigenvalue weighted by molar-refractivity contribution is -0.0584. The van der Waals surface area contributed by atoms with Crippen molar-refractivity contribution in [2.45, 2.75) is 59.2 Å². The Hall–Kier alpha value is -0.300. The number of allylic oxidation sites excluding steroid dienone is 1. The highest BCUT2D eigenvalue weighted by Crippen LogP contribution is 2.58. The van der Waals surface area contributed by atoms with Crippen LogP contribution in [0.2, 0.25) is 0 Å². The van der Waals surface area contributed by atoms with Gasteiger partial charge in [-0.05, 0) is 39.5 Å². The van der Waals surface area contributed by atoms with Gasteiger partial charge in [0.2, 0.25) is 0 Å². The van der Waals surface area contributed by atoms with E-state index < -0.39 is 0 Å². The van der Waals surface area contributed by atoms with E-state index in [1.807, 2.05) is 0 Å². The molecule has 1 aliphatic heterocycles. The van der Waals surface area contributed by atoms with Crippen LogP contribution in [0, 0.1) is 11.3 Å². The van der Waals surface area contributed by atoms with Crippen molar-refractivity contribution in [2.24, 2.45) is 11.3 Å². The molecule has 1 aliphatic carbocycles. The van der Waals surface area contributed by atoms with Gasteiger partial charge in [0.05, 0.1) is 11.2 Å². The van der Waals surface area contributed by atoms with Crippen LogP contribution < -0.4 is 0 Å². The lowest BCUT2D eigenvalue weighted by atomic mass is 9.71. The fourth-order valence-electron chi connectivity index (χ4n) is 3.39. The van der Waals surface area contributed by atoms with Gasteiger partial charge in [-0.25, -0.2) is 0 Å². The highest BCUT2D eigenvalue weighted by molar-refractivity contribution is 5.30. The van der Waals surface area contributed by atoms with Crippen LogP contribution in [-0.2, 0) is 4.74 Å². The molecular formula is C13H22O. The Kier molecular flexibility index (Phi) is 1.78. The zero-order valence-electron chi connectivity index (χ0n) is 10.3. The van der Waals surface area contributed by atoms with Crippen molar-refractivity contribution >= 4 is 0 Å². The number of rotatable bonds is 0. The largest absolute Gasteiger partial charge is 0.365 e. The molecule has 0 aromatic carbocycles. The highest BCUT2D eigenvalue weighted by Gasteiger charge is 2.57. The minimum atomic E-state index is -0.0168. The number of ether oxygens (including phenoxy) is 1. The number of hydrogen-bond donors (Lipinski definition) is 0. The molecule has 1 nitrogen and oxygen atoms in total. The van der Waals surface area contributed by atoms with E-state index in [1.165, 1.54) is 12.0 Å². The van der Waals surface area contributed by atoms with E-state index in [2.05, 4.69) is 47.6 Å². The summed E-state index contributed by atoms with van der Waals surface area (Å²) >= 11 is 0. The quantitative estimate of drug-likeness (QED) is 0.536. The van der Waals surface area contributed by atoms with Crippen molar-refractivity contribution in [2.75, 3.05) is 0 Å². The van der Waals surface area contributed by atoms with Crippen LogP contribution in [0.3, 0.4) is 0 Å². The minimum Gasteiger partial charge on any atom is -0.365 e. The van der Waals surface area contributed by atoms with Crippen LogP contribution >= 0.6 is 0 Å². The SMILES string of the molecule is CC1=CC2(C)OC(C)(C)CC2C1(C)C. The molecule has 0 saturated carbocycles. The third kappa shape index (κ3) is 1.18. The third-order valence-electron chi connectivity index (χ3n) is 4.27. The van der Waals surface area contributed by atoms with Gasteiger partial charge in [-0.3, -0.25) is 0 Å². The summed E-state index contributed by atoms with van der Waals surface area (Å²) in [5.41, 5.74) is 1.83. The first-order chi connectivity index (χ1) is 6.17. The first-order valence-corrected chi connectivity index (χ1v) is 5.57. The molecule has 2 atom stereocenters. The van der Waals surface area contributed by atoms with Crippen molar-refractivity contribution in [1.29, 1.82) is 0 Å². The molecule has 14 heavy (non-hydrogen) atoms. The summed E-state index contributed by atoms with van der Waals surface area (Å²) in [6, 6.07) is 0. The van der Waals surface area contributed by atoms with Crippen molar-refractivity contribution < 1.29 is 4.74 Å². The molecule has 0 bridgehead atoms. The molecule has 0 spiro atoms. The minimum absolute atomic E-state index is 0.0168. The summed E-state index contributed by atoms with van der Waals surface area (Å²) in [6.07, 6.45) is 3.51. The van der Waals surface area contributed by atoms with Crippen molar-refractivity contribution in [3.8, 4) is 0 Å². The second-order valence-corrected chi connectivity index (χ2v) is 6.35. The van der Waals surface area contributed by atoms with Crippen molar-refractivity contribution in [1.82, 2.24) is 0 Å². The normalized spacial score (nSPS) is 43.6. The van der Waals surface area contributed by atoms with Crippen LogP contribution in [0.4, 0.5) is 0 Å². The molecule has 0 N–H and O–H groups in total. The molecule has 1 heterocycles. The van der Waals surface area contributed by atoms with Crippen LogP contribution in [0.5, 0.6) is 0 Å². The van der Waals surface area contributed by atoms with Gasteiger partial charge in [-0.2, -0.15) is 0 Å². The smallest absolute Gasteiger partial charge is 0.0881 e. The summed E-state index contributed by atoms with van der Waals surface area (Å²) in [5.74, 6) is 0.644. The Morgan fingerprint density at radius 1 is 1.21 bits per heavy atom. The number of fused-ring (bicyclic) bond motifs is 1. The van der Waals surface area contributed by atoms with E-state index in [9.17, 15) is 0 Å². The molecule has 80 valence electrons. The molecule has 2 aliphatic rings. The molecule has 0 aromatic rings. The summed E-state index contributed by atoms with van der Waals surface area (Å²) in [5, 5.41) is 0. The molecule has 0 radical (unpaired) electrons. The Bertz CT molecular complexity index is 298. The van der Waals surface area contributed by atoms with Gasteiger partial charge in [0, 0.05) is 5.92 Å². The number of hydrogen-bond acceptors (Lipinski definition) is 1. The Morgan fingerprint density at radius 2 is 1.79 bits per heavy atom. The predicted octanol–water partition coefficient (Wildman–Crippen LogP) is 3.55. The van der Waals surface area contributed by atoms with Gasteiger partial charge < -0.3 is 4.74 Å². The van der Waals surface area contributed by atoms with Crippen LogP contribution in [0.25, 0.3) is 0 Å². The van der Waals surface area contributed by atoms with Crippen molar-refractivity contribution in [3.63, 3.8) is 0 Å². The predicted molar refractivity (Wildman–Crippen MR) is 59.2 cm³/mol. The monoisotopic (exact) mass is 194 g/mol. The van der Waals surface area contributed by atoms with E-state index in [0.717, 1.165) is 0 Å². The lowest BCUT2D eigenvalue weighted by Crippen LogP contribution is -2.33. The first kappa shape index (κ1) is 10.2.